The van der Waals surface area contributed by atoms with Gasteiger partial charge in [-0.1, -0.05) is 11.6 Å². The summed E-state index contributed by atoms with van der Waals surface area (Å²) in [6.45, 7) is 6.08. The zero-order valence-corrected chi connectivity index (χ0v) is 16.0. The smallest absolute Gasteiger partial charge is 0.240 e. The molecule has 0 spiro atoms. The maximum Gasteiger partial charge on any atom is 0.240 e. The largest absolute Gasteiger partial charge is 0.492 e. The summed E-state index contributed by atoms with van der Waals surface area (Å²) in [5.74, 6) is 1.28. The van der Waals surface area contributed by atoms with Crippen LogP contribution in [-0.2, 0) is 10.0 Å². The molecule has 2 aromatic rings. The summed E-state index contributed by atoms with van der Waals surface area (Å²) in [6.07, 6.45) is 0.0363. The number of halogens is 1. The number of hydrogen-bond donors (Lipinski definition) is 1. The van der Waals surface area contributed by atoms with Crippen LogP contribution in [0, 0.1) is 6.92 Å². The lowest BCUT2D eigenvalue weighted by molar-refractivity contribution is 0.242. The van der Waals surface area contributed by atoms with Gasteiger partial charge in [-0.05, 0) is 68.8 Å². The molecule has 0 saturated heterocycles. The van der Waals surface area contributed by atoms with Gasteiger partial charge in [-0.25, -0.2) is 13.1 Å². The molecule has 0 saturated carbocycles. The topological polar surface area (TPSA) is 64.6 Å². The minimum atomic E-state index is -3.58. The number of sulfonamides is 1. The second kappa shape index (κ2) is 8.56. The molecular formula is C18H22ClNO4S. The predicted octanol–water partition coefficient (Wildman–Crippen LogP) is 3.79. The fraction of sp³-hybridized carbons (Fsp3) is 0.333. The monoisotopic (exact) mass is 383 g/mol. The number of rotatable bonds is 8. The van der Waals surface area contributed by atoms with Crippen molar-refractivity contribution in [2.45, 2.75) is 31.8 Å². The van der Waals surface area contributed by atoms with Crippen molar-refractivity contribution < 1.29 is 17.9 Å². The molecule has 0 aliphatic carbocycles. The van der Waals surface area contributed by atoms with E-state index in [4.69, 9.17) is 21.1 Å². The third kappa shape index (κ3) is 5.92. The van der Waals surface area contributed by atoms with Crippen LogP contribution in [0.2, 0.25) is 5.02 Å². The lowest BCUT2D eigenvalue weighted by Gasteiger charge is -2.11. The second-order valence-electron chi connectivity index (χ2n) is 5.80. The lowest BCUT2D eigenvalue weighted by atomic mass is 10.2. The van der Waals surface area contributed by atoms with Crippen molar-refractivity contribution in [3.05, 3.63) is 53.1 Å². The van der Waals surface area contributed by atoms with Crippen LogP contribution < -0.4 is 14.2 Å². The normalized spacial score (nSPS) is 11.6. The van der Waals surface area contributed by atoms with Gasteiger partial charge in [0, 0.05) is 11.6 Å². The molecule has 0 aliphatic heterocycles. The van der Waals surface area contributed by atoms with E-state index in [9.17, 15) is 8.42 Å². The second-order valence-corrected chi connectivity index (χ2v) is 7.97. The Bertz CT molecular complexity index is 804. The molecule has 0 fully saturated rings. The highest BCUT2D eigenvalue weighted by atomic mass is 35.5. The highest BCUT2D eigenvalue weighted by Crippen LogP contribution is 2.21. The van der Waals surface area contributed by atoms with Crippen LogP contribution >= 0.6 is 11.6 Å². The molecule has 0 unspecified atom stereocenters. The Balaban J connectivity index is 1.87. The molecule has 0 heterocycles. The standard InChI is InChI=1S/C18H22ClNO4S/c1-13(2)24-15-4-7-17(8-5-15)25(21,22)20-10-11-23-16-6-9-18(19)14(3)12-16/h4-9,12-13,20H,10-11H2,1-3H3. The van der Waals surface area contributed by atoms with Gasteiger partial charge in [-0.3, -0.25) is 0 Å². The van der Waals surface area contributed by atoms with Crippen molar-refractivity contribution in [3.8, 4) is 11.5 Å². The van der Waals surface area contributed by atoms with Gasteiger partial charge in [-0.15, -0.1) is 0 Å². The molecule has 0 bridgehead atoms. The summed E-state index contributed by atoms with van der Waals surface area (Å²) in [6, 6.07) is 11.6. The van der Waals surface area contributed by atoms with E-state index in [0.717, 1.165) is 5.56 Å². The first-order chi connectivity index (χ1) is 11.8. The van der Waals surface area contributed by atoms with Crippen LogP contribution in [0.1, 0.15) is 19.4 Å². The summed E-state index contributed by atoms with van der Waals surface area (Å²) < 4.78 is 38.0. The van der Waals surface area contributed by atoms with E-state index in [1.54, 1.807) is 24.3 Å². The van der Waals surface area contributed by atoms with E-state index in [0.29, 0.717) is 16.5 Å². The van der Waals surface area contributed by atoms with Crippen LogP contribution in [-0.4, -0.2) is 27.7 Å². The molecule has 0 aromatic heterocycles. The molecule has 25 heavy (non-hydrogen) atoms. The first-order valence-electron chi connectivity index (χ1n) is 7.93. The summed E-state index contributed by atoms with van der Waals surface area (Å²) in [7, 11) is -3.58. The summed E-state index contributed by atoms with van der Waals surface area (Å²) in [5.41, 5.74) is 0.906. The molecule has 1 N–H and O–H groups in total. The van der Waals surface area contributed by atoms with Gasteiger partial charge in [0.15, 0.2) is 0 Å². The highest BCUT2D eigenvalue weighted by Gasteiger charge is 2.13. The Hall–Kier alpha value is -1.76. The molecule has 0 radical (unpaired) electrons. The third-order valence-corrected chi connectivity index (χ3v) is 5.20. The molecule has 2 aromatic carbocycles. The van der Waals surface area contributed by atoms with Gasteiger partial charge in [0.1, 0.15) is 18.1 Å². The predicted molar refractivity (Wildman–Crippen MR) is 99.1 cm³/mol. The molecule has 5 nitrogen and oxygen atoms in total. The third-order valence-electron chi connectivity index (χ3n) is 3.30. The van der Waals surface area contributed by atoms with Crippen molar-refractivity contribution in [1.29, 1.82) is 0 Å². The first kappa shape index (κ1) is 19.6. The van der Waals surface area contributed by atoms with Crippen molar-refractivity contribution >= 4 is 21.6 Å². The Kier molecular flexibility index (Phi) is 6.70. The zero-order valence-electron chi connectivity index (χ0n) is 14.5. The fourth-order valence-corrected chi connectivity index (χ4v) is 3.24. The Morgan fingerprint density at radius 2 is 1.72 bits per heavy atom. The van der Waals surface area contributed by atoms with Gasteiger partial charge in [0.2, 0.25) is 10.0 Å². The highest BCUT2D eigenvalue weighted by molar-refractivity contribution is 7.89. The maximum absolute atomic E-state index is 12.3. The van der Waals surface area contributed by atoms with E-state index in [2.05, 4.69) is 4.72 Å². The first-order valence-corrected chi connectivity index (χ1v) is 9.79. The van der Waals surface area contributed by atoms with Crippen molar-refractivity contribution in [2.75, 3.05) is 13.2 Å². The van der Waals surface area contributed by atoms with E-state index < -0.39 is 10.0 Å². The van der Waals surface area contributed by atoms with E-state index in [1.807, 2.05) is 26.8 Å². The van der Waals surface area contributed by atoms with Crippen LogP contribution in [0.3, 0.4) is 0 Å². The summed E-state index contributed by atoms with van der Waals surface area (Å²) in [5, 5.41) is 0.665. The Labute approximate surface area is 154 Å². The number of benzene rings is 2. The fourth-order valence-electron chi connectivity index (χ4n) is 2.10. The molecule has 7 heteroatoms. The van der Waals surface area contributed by atoms with Gasteiger partial charge >= 0.3 is 0 Å². The van der Waals surface area contributed by atoms with Gasteiger partial charge < -0.3 is 9.47 Å². The average molecular weight is 384 g/mol. The molecular weight excluding hydrogens is 362 g/mol. The van der Waals surface area contributed by atoms with Crippen LogP contribution in [0.5, 0.6) is 11.5 Å². The zero-order chi connectivity index (χ0) is 18.4. The van der Waals surface area contributed by atoms with Crippen LogP contribution in [0.4, 0.5) is 0 Å². The number of aryl methyl sites for hydroxylation is 1. The van der Waals surface area contributed by atoms with Gasteiger partial charge in [0.05, 0.1) is 11.0 Å². The number of nitrogens with one attached hydrogen (secondary N) is 1. The summed E-state index contributed by atoms with van der Waals surface area (Å²) >= 11 is 5.95. The van der Waals surface area contributed by atoms with E-state index in [1.165, 1.54) is 12.1 Å². The lowest BCUT2D eigenvalue weighted by Crippen LogP contribution is -2.28. The Morgan fingerprint density at radius 1 is 1.08 bits per heavy atom. The average Bonchev–Trinajstić information content (AvgIpc) is 2.55. The minimum absolute atomic E-state index is 0.0363. The van der Waals surface area contributed by atoms with Crippen LogP contribution in [0.25, 0.3) is 0 Å². The van der Waals surface area contributed by atoms with Crippen molar-refractivity contribution in [3.63, 3.8) is 0 Å². The van der Waals surface area contributed by atoms with Crippen molar-refractivity contribution in [2.24, 2.45) is 0 Å². The van der Waals surface area contributed by atoms with Gasteiger partial charge in [-0.2, -0.15) is 0 Å². The SMILES string of the molecule is Cc1cc(OCCNS(=O)(=O)c2ccc(OC(C)C)cc2)ccc1Cl. The van der Waals surface area contributed by atoms with E-state index >= 15 is 0 Å². The number of ether oxygens (including phenoxy) is 2. The Morgan fingerprint density at radius 3 is 2.32 bits per heavy atom. The molecule has 0 atom stereocenters. The maximum atomic E-state index is 12.3. The summed E-state index contributed by atoms with van der Waals surface area (Å²) in [4.78, 5) is 0.186. The quantitative estimate of drug-likeness (QED) is 0.704. The number of hydrogen-bond acceptors (Lipinski definition) is 4. The van der Waals surface area contributed by atoms with E-state index in [-0.39, 0.29) is 24.2 Å². The molecule has 0 amide bonds. The van der Waals surface area contributed by atoms with Crippen LogP contribution in [0.15, 0.2) is 47.4 Å². The molecule has 0 aliphatic rings. The van der Waals surface area contributed by atoms with Crippen molar-refractivity contribution in [1.82, 2.24) is 4.72 Å². The molecule has 2 rings (SSSR count). The minimum Gasteiger partial charge on any atom is -0.492 e. The van der Waals surface area contributed by atoms with Gasteiger partial charge in [0.25, 0.3) is 0 Å². The molecule has 136 valence electrons.